The fraction of sp³-hybridized carbons (Fsp3) is 0.692. The first-order valence-electron chi connectivity index (χ1n) is 6.64. The summed E-state index contributed by atoms with van der Waals surface area (Å²) in [6.07, 6.45) is 10.3. The Kier molecular flexibility index (Phi) is 3.18. The van der Waals surface area contributed by atoms with Gasteiger partial charge in [-0.25, -0.2) is 0 Å². The van der Waals surface area contributed by atoms with E-state index < -0.39 is 0 Å². The van der Waals surface area contributed by atoms with Crippen molar-refractivity contribution in [3.63, 3.8) is 0 Å². The first-order chi connectivity index (χ1) is 8.65. The Labute approximate surface area is 115 Å². The number of carbonyl (C=O) groups excluding carboxylic acids is 1. The van der Waals surface area contributed by atoms with Crippen LogP contribution in [0.2, 0.25) is 0 Å². The van der Waals surface area contributed by atoms with E-state index in [0.717, 1.165) is 36.7 Å². The van der Waals surface area contributed by atoms with Crippen LogP contribution in [0.4, 0.5) is 0 Å². The molecule has 1 spiro atoms. The van der Waals surface area contributed by atoms with Gasteiger partial charge in [0, 0.05) is 24.7 Å². The van der Waals surface area contributed by atoms with Gasteiger partial charge in [-0.15, -0.1) is 0 Å². The molecule has 0 radical (unpaired) electrons. The number of hydrogen-bond donors (Lipinski definition) is 1. The molecule has 0 unspecified atom stereocenters. The van der Waals surface area contributed by atoms with E-state index in [-0.39, 0.29) is 11.4 Å². The van der Waals surface area contributed by atoms with E-state index >= 15 is 0 Å². The van der Waals surface area contributed by atoms with Gasteiger partial charge in [0.25, 0.3) is 0 Å². The topological polar surface area (TPSA) is 46.9 Å². The molecule has 18 heavy (non-hydrogen) atoms. The van der Waals surface area contributed by atoms with Crippen molar-refractivity contribution in [2.24, 2.45) is 5.92 Å². The van der Waals surface area contributed by atoms with Crippen molar-refractivity contribution in [3.8, 4) is 0 Å². The Morgan fingerprint density at radius 3 is 2.78 bits per heavy atom. The molecule has 2 aliphatic rings. The van der Waals surface area contributed by atoms with Crippen molar-refractivity contribution in [1.29, 1.82) is 0 Å². The molecule has 4 nitrogen and oxygen atoms in total. The molecule has 98 valence electrons. The summed E-state index contributed by atoms with van der Waals surface area (Å²) in [5.74, 6) is 0.935. The summed E-state index contributed by atoms with van der Waals surface area (Å²) >= 11 is 3.42. The SMILES string of the molecule is O=C1CCC2(CCC(Cn3cc(Br)cn3)CC2)N1. The van der Waals surface area contributed by atoms with Crippen LogP contribution in [-0.4, -0.2) is 21.2 Å². The van der Waals surface area contributed by atoms with Gasteiger partial charge in [0.05, 0.1) is 10.7 Å². The number of amides is 1. The summed E-state index contributed by atoms with van der Waals surface area (Å²) in [7, 11) is 0. The molecule has 1 N–H and O–H groups in total. The smallest absolute Gasteiger partial charge is 0.220 e. The quantitative estimate of drug-likeness (QED) is 0.912. The van der Waals surface area contributed by atoms with E-state index in [4.69, 9.17) is 0 Å². The first kappa shape index (κ1) is 12.2. The molecule has 3 rings (SSSR count). The molecule has 0 bridgehead atoms. The maximum Gasteiger partial charge on any atom is 0.220 e. The molecule has 0 atom stereocenters. The number of rotatable bonds is 2. The van der Waals surface area contributed by atoms with E-state index in [1.165, 1.54) is 12.8 Å². The standard InChI is InChI=1S/C13H18BrN3O/c14-11-7-15-17(9-11)8-10-1-4-13(5-2-10)6-3-12(18)16-13/h7,9-10H,1-6,8H2,(H,16,18). The highest BCUT2D eigenvalue weighted by Gasteiger charge is 2.40. The lowest BCUT2D eigenvalue weighted by molar-refractivity contribution is -0.120. The highest BCUT2D eigenvalue weighted by Crippen LogP contribution is 2.38. The van der Waals surface area contributed by atoms with Crippen LogP contribution in [0.3, 0.4) is 0 Å². The highest BCUT2D eigenvalue weighted by atomic mass is 79.9. The van der Waals surface area contributed by atoms with Gasteiger partial charge in [-0.1, -0.05) is 0 Å². The van der Waals surface area contributed by atoms with Gasteiger partial charge >= 0.3 is 0 Å². The van der Waals surface area contributed by atoms with Gasteiger partial charge in [0.2, 0.25) is 5.91 Å². The minimum absolute atomic E-state index is 0.137. The third-order valence-electron chi connectivity index (χ3n) is 4.34. The van der Waals surface area contributed by atoms with Gasteiger partial charge < -0.3 is 5.32 Å². The fourth-order valence-electron chi connectivity index (χ4n) is 3.26. The number of hydrogen-bond acceptors (Lipinski definition) is 2. The van der Waals surface area contributed by atoms with Crippen molar-refractivity contribution in [2.75, 3.05) is 0 Å². The second-order valence-electron chi connectivity index (χ2n) is 5.65. The van der Waals surface area contributed by atoms with Crippen LogP contribution in [-0.2, 0) is 11.3 Å². The molecule has 2 fully saturated rings. The van der Waals surface area contributed by atoms with Crippen LogP contribution >= 0.6 is 15.9 Å². The van der Waals surface area contributed by atoms with Crippen LogP contribution < -0.4 is 5.32 Å². The Balaban J connectivity index is 1.55. The molecule has 1 saturated carbocycles. The van der Waals surface area contributed by atoms with Crippen molar-refractivity contribution in [1.82, 2.24) is 15.1 Å². The Morgan fingerprint density at radius 2 is 2.22 bits per heavy atom. The molecular weight excluding hydrogens is 294 g/mol. The van der Waals surface area contributed by atoms with Gasteiger partial charge in [-0.3, -0.25) is 9.48 Å². The van der Waals surface area contributed by atoms with E-state index in [0.29, 0.717) is 5.92 Å². The summed E-state index contributed by atoms with van der Waals surface area (Å²) in [6, 6.07) is 0. The van der Waals surface area contributed by atoms with Crippen molar-refractivity contribution >= 4 is 21.8 Å². The second kappa shape index (κ2) is 4.68. The average molecular weight is 312 g/mol. The summed E-state index contributed by atoms with van der Waals surface area (Å²) in [5, 5.41) is 7.50. The number of nitrogens with one attached hydrogen (secondary N) is 1. The summed E-state index contributed by atoms with van der Waals surface area (Å²) in [6.45, 7) is 0.996. The third kappa shape index (κ3) is 2.46. The Hall–Kier alpha value is -0.840. The lowest BCUT2D eigenvalue weighted by Crippen LogP contribution is -2.44. The first-order valence-corrected chi connectivity index (χ1v) is 7.44. The number of halogens is 1. The summed E-state index contributed by atoms with van der Waals surface area (Å²) in [4.78, 5) is 11.4. The van der Waals surface area contributed by atoms with E-state index in [1.54, 1.807) is 0 Å². The summed E-state index contributed by atoms with van der Waals surface area (Å²) in [5.41, 5.74) is 0.137. The van der Waals surface area contributed by atoms with Crippen molar-refractivity contribution in [3.05, 3.63) is 16.9 Å². The molecule has 0 aromatic carbocycles. The Bertz CT molecular complexity index is 449. The zero-order valence-corrected chi connectivity index (χ0v) is 11.9. The van der Waals surface area contributed by atoms with Gasteiger partial charge in [-0.2, -0.15) is 5.10 Å². The summed E-state index contributed by atoms with van der Waals surface area (Å²) < 4.78 is 3.05. The average Bonchev–Trinajstić information content (AvgIpc) is 2.90. The van der Waals surface area contributed by atoms with Gasteiger partial charge in [-0.05, 0) is 54.0 Å². The van der Waals surface area contributed by atoms with Crippen LogP contribution in [0, 0.1) is 5.92 Å². The van der Waals surface area contributed by atoms with E-state index in [9.17, 15) is 4.79 Å². The largest absolute Gasteiger partial charge is 0.351 e. The monoisotopic (exact) mass is 311 g/mol. The zero-order chi connectivity index (χ0) is 12.6. The van der Waals surface area contributed by atoms with Crippen molar-refractivity contribution < 1.29 is 4.79 Å². The Morgan fingerprint density at radius 1 is 1.44 bits per heavy atom. The zero-order valence-electron chi connectivity index (χ0n) is 10.4. The third-order valence-corrected chi connectivity index (χ3v) is 4.75. The highest BCUT2D eigenvalue weighted by molar-refractivity contribution is 9.10. The normalized spacial score (nSPS) is 31.8. The van der Waals surface area contributed by atoms with Gasteiger partial charge in [0.15, 0.2) is 0 Å². The lowest BCUT2D eigenvalue weighted by atomic mass is 9.76. The molecule has 1 aliphatic heterocycles. The maximum atomic E-state index is 11.4. The van der Waals surface area contributed by atoms with Crippen LogP contribution in [0.25, 0.3) is 0 Å². The van der Waals surface area contributed by atoms with E-state index in [2.05, 4.69) is 26.3 Å². The van der Waals surface area contributed by atoms with Crippen LogP contribution in [0.1, 0.15) is 38.5 Å². The van der Waals surface area contributed by atoms with Crippen LogP contribution in [0.15, 0.2) is 16.9 Å². The maximum absolute atomic E-state index is 11.4. The molecule has 2 heterocycles. The fourth-order valence-corrected chi connectivity index (χ4v) is 3.59. The molecule has 1 aromatic rings. The minimum Gasteiger partial charge on any atom is -0.351 e. The molecule has 1 saturated heterocycles. The minimum atomic E-state index is 0.137. The number of aromatic nitrogens is 2. The molecular formula is C13H18BrN3O. The lowest BCUT2D eigenvalue weighted by Gasteiger charge is -2.37. The molecule has 1 amide bonds. The predicted octanol–water partition coefficient (Wildman–Crippen LogP) is 2.48. The van der Waals surface area contributed by atoms with Gasteiger partial charge in [0.1, 0.15) is 0 Å². The predicted molar refractivity (Wildman–Crippen MR) is 72.0 cm³/mol. The van der Waals surface area contributed by atoms with E-state index in [1.807, 2.05) is 17.1 Å². The number of nitrogens with zero attached hydrogens (tertiary/aromatic N) is 2. The molecule has 5 heteroatoms. The molecule has 1 aromatic heterocycles. The molecule has 1 aliphatic carbocycles. The van der Waals surface area contributed by atoms with Crippen LogP contribution in [0.5, 0.6) is 0 Å². The van der Waals surface area contributed by atoms with Crippen molar-refractivity contribution in [2.45, 2.75) is 50.6 Å². The second-order valence-corrected chi connectivity index (χ2v) is 6.57. The number of carbonyl (C=O) groups is 1.